The Balaban J connectivity index is 0.000000118. The van der Waals surface area contributed by atoms with Gasteiger partial charge in [-0.05, 0) is 236 Å². The molecule has 20 aromatic rings. The van der Waals surface area contributed by atoms with Crippen molar-refractivity contribution in [1.29, 1.82) is 0 Å². The Morgan fingerprint density at radius 3 is 0.955 bits per heavy atom. The van der Waals surface area contributed by atoms with Gasteiger partial charge in [0.05, 0.1) is 22.0 Å². The van der Waals surface area contributed by atoms with Crippen LogP contribution in [0.3, 0.4) is 0 Å². The predicted molar refractivity (Wildman–Crippen MR) is 469 cm³/mol. The van der Waals surface area contributed by atoms with E-state index in [1.807, 2.05) is 0 Å². The number of hydrogen-bond donors (Lipinski definition) is 0. The van der Waals surface area contributed by atoms with E-state index in [2.05, 4.69) is 408 Å². The zero-order chi connectivity index (χ0) is 73.6. The van der Waals surface area contributed by atoms with Crippen molar-refractivity contribution < 1.29 is 18.1 Å². The van der Waals surface area contributed by atoms with Crippen LogP contribution >= 0.6 is 15.9 Å². The van der Waals surface area contributed by atoms with Crippen LogP contribution in [0.15, 0.2) is 377 Å². The molecule has 0 saturated carbocycles. The van der Waals surface area contributed by atoms with Gasteiger partial charge in [-0.2, -0.15) is 0 Å². The van der Waals surface area contributed by atoms with Crippen molar-refractivity contribution in [3.8, 4) is 33.4 Å². The maximum Gasteiger partial charge on any atom is 0.494 e. The fraction of sp³-hybridized carbons (Fsp3) is 0.0762. The van der Waals surface area contributed by atoms with Crippen molar-refractivity contribution in [1.82, 2.24) is 0 Å². The molecule has 1 aliphatic heterocycles. The SMILES string of the molecule is Brc1ccc2c3ccccc3c3ccccc3c2c1.CC1(C)OB(c2ccc3oc4cc5c(cc4c3c2)-c2ccccc2C5(c2ccccc2)c2ccccc2)OC1(C)C.[CH3-].c1ccc(C2(c3ccccc3)c3ccccc3-c3cc4c(cc32)oc2ccc(-c3ccc5c6ccccc6c6ccccc6c5c3)cc24)cc1. The summed E-state index contributed by atoms with van der Waals surface area (Å²) in [6, 6.07) is 132. The van der Waals surface area contributed by atoms with Crippen molar-refractivity contribution >= 4 is 137 Å². The second kappa shape index (κ2) is 26.1. The number of hydrogen-bond acceptors (Lipinski definition) is 4. The molecule has 0 bridgehead atoms. The molecule has 0 amide bonds. The Bertz CT molecular complexity index is 6960. The molecule has 111 heavy (non-hydrogen) atoms. The van der Waals surface area contributed by atoms with Gasteiger partial charge in [-0.3, -0.25) is 0 Å². The van der Waals surface area contributed by atoms with Gasteiger partial charge in [0.25, 0.3) is 0 Å². The van der Waals surface area contributed by atoms with Gasteiger partial charge in [-0.1, -0.05) is 319 Å². The van der Waals surface area contributed by atoms with E-state index in [9.17, 15) is 0 Å². The summed E-state index contributed by atoms with van der Waals surface area (Å²) in [7, 11) is -0.423. The number of halogens is 1. The molecule has 0 N–H and O–H groups in total. The van der Waals surface area contributed by atoms with E-state index < -0.39 is 29.2 Å². The predicted octanol–water partition coefficient (Wildman–Crippen LogP) is 27.7. The number of rotatable bonds is 6. The normalized spacial score (nSPS) is 14.7. The molecular weight excluding hydrogens is 1420 g/mol. The van der Waals surface area contributed by atoms with Gasteiger partial charge in [0, 0.05) is 26.0 Å². The first kappa shape index (κ1) is 67.9. The Labute approximate surface area is 654 Å². The lowest BCUT2D eigenvalue weighted by molar-refractivity contribution is 0.00578. The molecule has 3 heterocycles. The maximum atomic E-state index is 6.71. The summed E-state index contributed by atoms with van der Waals surface area (Å²) >= 11 is 3.58. The van der Waals surface area contributed by atoms with E-state index >= 15 is 0 Å². The summed E-state index contributed by atoms with van der Waals surface area (Å²) in [5.41, 5.74) is 20.4. The van der Waals surface area contributed by atoms with E-state index in [4.69, 9.17) is 18.1 Å². The lowest BCUT2D eigenvalue weighted by Gasteiger charge is -2.33. The molecule has 2 aromatic heterocycles. The third-order valence-electron chi connectivity index (χ3n) is 24.4. The third-order valence-corrected chi connectivity index (χ3v) is 24.9. The Hall–Kier alpha value is -12.4. The van der Waals surface area contributed by atoms with Gasteiger partial charge in [0.15, 0.2) is 0 Å². The number of fused-ring (bicyclic) bond motifs is 24. The topological polar surface area (TPSA) is 44.7 Å². The molecule has 0 radical (unpaired) electrons. The average Bonchev–Trinajstić information content (AvgIpc) is 1.54. The van der Waals surface area contributed by atoms with Gasteiger partial charge < -0.3 is 25.6 Å². The van der Waals surface area contributed by atoms with Crippen molar-refractivity contribution in [2.45, 2.75) is 49.7 Å². The highest BCUT2D eigenvalue weighted by molar-refractivity contribution is 9.10. The van der Waals surface area contributed by atoms with E-state index in [1.54, 1.807) is 0 Å². The highest BCUT2D eigenvalue weighted by Gasteiger charge is 2.52. The molecule has 23 rings (SSSR count). The average molecular weight is 1490 g/mol. The summed E-state index contributed by atoms with van der Waals surface area (Å²) in [5, 5.41) is 20.1. The van der Waals surface area contributed by atoms with Crippen molar-refractivity contribution in [3.05, 3.63) is 420 Å². The summed E-state index contributed by atoms with van der Waals surface area (Å²) in [5.74, 6) is 0. The van der Waals surface area contributed by atoms with Crippen LogP contribution in [0.4, 0.5) is 0 Å². The van der Waals surface area contributed by atoms with Gasteiger partial charge in [-0.15, -0.1) is 0 Å². The van der Waals surface area contributed by atoms with Crippen LogP contribution in [-0.2, 0) is 20.1 Å². The van der Waals surface area contributed by atoms with Gasteiger partial charge in [0.1, 0.15) is 22.3 Å². The first-order valence-electron chi connectivity index (χ1n) is 38.0. The summed E-state index contributed by atoms with van der Waals surface area (Å²) in [4.78, 5) is 0. The minimum Gasteiger partial charge on any atom is -0.456 e. The maximum absolute atomic E-state index is 6.71. The number of benzene rings is 18. The first-order chi connectivity index (χ1) is 53.9. The molecule has 1 fully saturated rings. The molecular formula is C105H75BBrO4-. The van der Waals surface area contributed by atoms with Gasteiger partial charge in [0.2, 0.25) is 0 Å². The summed E-state index contributed by atoms with van der Waals surface area (Å²) in [6.07, 6.45) is 0. The monoisotopic (exact) mass is 1490 g/mol. The molecule has 3 aliphatic rings. The van der Waals surface area contributed by atoms with Crippen molar-refractivity contribution in [3.63, 3.8) is 0 Å². The highest BCUT2D eigenvalue weighted by atomic mass is 79.9. The molecule has 1 saturated heterocycles. The van der Waals surface area contributed by atoms with Crippen LogP contribution in [0.25, 0.3) is 142 Å². The molecule has 18 aromatic carbocycles. The van der Waals surface area contributed by atoms with Gasteiger partial charge >= 0.3 is 7.12 Å². The highest BCUT2D eigenvalue weighted by Crippen LogP contribution is 2.60. The third kappa shape index (κ3) is 10.4. The van der Waals surface area contributed by atoms with Crippen LogP contribution in [0.2, 0.25) is 0 Å². The molecule has 4 nitrogen and oxygen atoms in total. The quantitative estimate of drug-likeness (QED) is 0.0945. The van der Waals surface area contributed by atoms with E-state index in [1.165, 1.54) is 143 Å². The zero-order valence-corrected chi connectivity index (χ0v) is 63.8. The molecule has 0 atom stereocenters. The minimum absolute atomic E-state index is 0. The second-order valence-electron chi connectivity index (χ2n) is 30.7. The van der Waals surface area contributed by atoms with Crippen molar-refractivity contribution in [2.75, 3.05) is 0 Å². The minimum atomic E-state index is -0.454. The smallest absolute Gasteiger partial charge is 0.456 e. The molecule has 0 unspecified atom stereocenters. The van der Waals surface area contributed by atoms with Gasteiger partial charge in [-0.25, -0.2) is 0 Å². The summed E-state index contributed by atoms with van der Waals surface area (Å²) in [6.45, 7) is 8.35. The van der Waals surface area contributed by atoms with Crippen LogP contribution in [0, 0.1) is 7.43 Å². The molecule has 530 valence electrons. The van der Waals surface area contributed by atoms with E-state index in [0.717, 1.165) is 53.8 Å². The largest absolute Gasteiger partial charge is 0.494 e. The van der Waals surface area contributed by atoms with E-state index in [0.29, 0.717) is 0 Å². The van der Waals surface area contributed by atoms with Crippen molar-refractivity contribution in [2.24, 2.45) is 0 Å². The molecule has 6 heteroatoms. The lowest BCUT2D eigenvalue weighted by atomic mass is 9.67. The Morgan fingerprint density at radius 1 is 0.234 bits per heavy atom. The van der Waals surface area contributed by atoms with Crippen LogP contribution in [0.5, 0.6) is 0 Å². The molecule has 2 aliphatic carbocycles. The Morgan fingerprint density at radius 2 is 0.541 bits per heavy atom. The van der Waals surface area contributed by atoms with Crippen LogP contribution in [0.1, 0.15) is 72.2 Å². The zero-order valence-electron chi connectivity index (χ0n) is 62.2. The first-order valence-corrected chi connectivity index (χ1v) is 38.8. The fourth-order valence-corrected chi connectivity index (χ4v) is 19.1. The number of furan rings is 2. The second-order valence-corrected chi connectivity index (χ2v) is 31.7. The fourth-order valence-electron chi connectivity index (χ4n) is 18.7. The lowest BCUT2D eigenvalue weighted by Crippen LogP contribution is -2.41. The summed E-state index contributed by atoms with van der Waals surface area (Å²) < 4.78 is 27.2. The Kier molecular flexibility index (Phi) is 16.0. The van der Waals surface area contributed by atoms with Crippen LogP contribution in [-0.4, -0.2) is 18.3 Å². The molecule has 0 spiro atoms. The van der Waals surface area contributed by atoms with E-state index in [-0.39, 0.29) is 7.43 Å². The van der Waals surface area contributed by atoms with Crippen LogP contribution < -0.4 is 5.46 Å². The standard InChI is InChI=1S/C49H30O.C37H31BO3.C18H11Br.CH3/c1-3-13-33(14-4-1)49(34-15-5-2-6-16-34)45-22-12-11-21-40(45)42-29-44-43-28-32(24-26-47(43)50-48(44)30-46(42)49)31-23-25-39-37-19-8-7-17-35(37)36-18-9-10-20-38(36)41(39)27-31;1-35(2)36(3,4)41-38(40-35)26-19-20-33-29(21-26)30-22-28-27-17-11-12-18-31(27)37(24-13-7-5-8-14-24,25-15-9-6-10-16-25)32(28)23-34(30)39-33;19-12-9-10-17-15-7-2-1-5-13(15)14-6-3-4-8-16(14)18(17)11-12;/h1-30H;5-23H,1-4H3;1-11H;1H3/q;;;-1.